The lowest BCUT2D eigenvalue weighted by atomic mass is 9.83. The fourth-order valence-electron chi connectivity index (χ4n) is 4.15. The van der Waals surface area contributed by atoms with Gasteiger partial charge in [0, 0.05) is 7.05 Å². The van der Waals surface area contributed by atoms with Crippen molar-refractivity contribution < 1.29 is 17.9 Å². The Morgan fingerprint density at radius 2 is 1.97 bits per heavy atom. The van der Waals surface area contributed by atoms with Crippen molar-refractivity contribution in [2.45, 2.75) is 38.6 Å². The highest BCUT2D eigenvalue weighted by Gasteiger charge is 2.36. The molecule has 2 aliphatic rings. The Kier molecular flexibility index (Phi) is 7.76. The molecule has 2 aromatic rings. The van der Waals surface area contributed by atoms with Gasteiger partial charge >= 0.3 is 6.18 Å². The lowest BCUT2D eigenvalue weighted by molar-refractivity contribution is -0.141. The summed E-state index contributed by atoms with van der Waals surface area (Å²) in [6, 6.07) is 5.62. The smallest absolute Gasteiger partial charge is 0.435 e. The van der Waals surface area contributed by atoms with Crippen molar-refractivity contribution >= 4 is 23.2 Å². The zero-order chi connectivity index (χ0) is 26.8. The van der Waals surface area contributed by atoms with Crippen molar-refractivity contribution in [3.63, 3.8) is 0 Å². The first kappa shape index (κ1) is 26.9. The maximum atomic E-state index is 13.5. The Morgan fingerprint density at radius 1 is 1.24 bits per heavy atom. The summed E-state index contributed by atoms with van der Waals surface area (Å²) in [6.45, 7) is 3.85. The van der Waals surface area contributed by atoms with Gasteiger partial charge in [0.15, 0.2) is 5.69 Å². The number of rotatable bonds is 7. The molecule has 1 aliphatic heterocycles. The topological polar surface area (TPSA) is 30.3 Å². The highest BCUT2D eigenvalue weighted by molar-refractivity contribution is 6.37. The number of benzene rings is 1. The number of hydrogen-bond donors (Lipinski definition) is 0. The highest BCUT2D eigenvalue weighted by atomic mass is 35.5. The third-order valence-electron chi connectivity index (χ3n) is 6.43. The number of fused-ring (bicyclic) bond motifs is 1. The summed E-state index contributed by atoms with van der Waals surface area (Å²) in [6.07, 6.45) is 13.9. The normalized spacial score (nSPS) is 20.1. The van der Waals surface area contributed by atoms with Crippen molar-refractivity contribution in [3.05, 3.63) is 117 Å². The van der Waals surface area contributed by atoms with E-state index < -0.39 is 11.9 Å². The molecule has 1 aliphatic carbocycles. The van der Waals surface area contributed by atoms with Crippen LogP contribution in [0.15, 0.2) is 96.0 Å². The van der Waals surface area contributed by atoms with E-state index >= 15 is 0 Å². The van der Waals surface area contributed by atoms with Gasteiger partial charge in [-0.1, -0.05) is 53.6 Å². The van der Waals surface area contributed by atoms with Crippen LogP contribution in [0.4, 0.5) is 13.2 Å². The van der Waals surface area contributed by atoms with Crippen LogP contribution < -0.4 is 0 Å². The van der Waals surface area contributed by atoms with Crippen LogP contribution in [0, 0.1) is 0 Å². The van der Waals surface area contributed by atoms with Gasteiger partial charge in [-0.3, -0.25) is 0 Å². The molecule has 2 heterocycles. The minimum Gasteiger partial charge on any atom is -0.487 e. The molecule has 37 heavy (non-hydrogen) atoms. The standard InChI is InChI=1S/C28H26Cl2F3N3O/c1-4-7-22(9-5-8-19-12-14-27(2)20(16-19)13-15-35(27)3)37-18-21-17-25(28(31,32)33)34-36(21)26-23(29)10-6-11-24(26)30/h4-13,15-17H,14,18H2,1-3H3/b7-4-,8-5+,22-9+. The van der Waals surface area contributed by atoms with Gasteiger partial charge in [0.25, 0.3) is 0 Å². The van der Waals surface area contributed by atoms with Crippen molar-refractivity contribution in [3.8, 4) is 5.69 Å². The molecule has 1 aromatic heterocycles. The van der Waals surface area contributed by atoms with Crippen LogP contribution in [0.5, 0.6) is 0 Å². The van der Waals surface area contributed by atoms with Crippen LogP contribution in [0.25, 0.3) is 5.69 Å². The molecule has 4 nitrogen and oxygen atoms in total. The average Bonchev–Trinajstić information content (AvgIpc) is 3.39. The number of allylic oxidation sites excluding steroid dienone is 7. The van der Waals surface area contributed by atoms with Crippen LogP contribution >= 0.6 is 23.2 Å². The zero-order valence-electron chi connectivity index (χ0n) is 20.6. The van der Waals surface area contributed by atoms with E-state index in [1.54, 1.807) is 24.3 Å². The van der Waals surface area contributed by atoms with E-state index in [1.165, 1.54) is 17.7 Å². The van der Waals surface area contributed by atoms with E-state index in [0.717, 1.165) is 22.7 Å². The fourth-order valence-corrected chi connectivity index (χ4v) is 4.71. The van der Waals surface area contributed by atoms with Crippen molar-refractivity contribution in [1.29, 1.82) is 0 Å². The molecular formula is C28H26Cl2F3N3O. The monoisotopic (exact) mass is 547 g/mol. The van der Waals surface area contributed by atoms with Crippen molar-refractivity contribution in [2.75, 3.05) is 7.05 Å². The Hall–Kier alpha value is -3.16. The van der Waals surface area contributed by atoms with E-state index in [9.17, 15) is 13.2 Å². The first-order chi connectivity index (χ1) is 17.5. The molecule has 0 amide bonds. The molecule has 4 rings (SSSR count). The maximum Gasteiger partial charge on any atom is 0.435 e. The Bertz CT molecular complexity index is 1340. The van der Waals surface area contributed by atoms with Gasteiger partial charge in [-0.15, -0.1) is 0 Å². The van der Waals surface area contributed by atoms with Crippen molar-refractivity contribution in [2.24, 2.45) is 0 Å². The summed E-state index contributed by atoms with van der Waals surface area (Å²) < 4.78 is 47.3. The molecule has 0 bridgehead atoms. The molecule has 0 N–H and O–H groups in total. The summed E-state index contributed by atoms with van der Waals surface area (Å²) in [4.78, 5) is 2.21. The third-order valence-corrected chi connectivity index (χ3v) is 7.04. The maximum absolute atomic E-state index is 13.5. The Balaban J connectivity index is 1.56. The second kappa shape index (κ2) is 10.7. The molecule has 9 heteroatoms. The first-order valence-electron chi connectivity index (χ1n) is 11.6. The van der Waals surface area contributed by atoms with Crippen molar-refractivity contribution in [1.82, 2.24) is 14.7 Å². The van der Waals surface area contributed by atoms with Gasteiger partial charge in [0.1, 0.15) is 18.1 Å². The Labute approximate surface area is 224 Å². The zero-order valence-corrected chi connectivity index (χ0v) is 22.1. The molecule has 0 saturated carbocycles. The second-order valence-corrected chi connectivity index (χ2v) is 9.74. The number of ether oxygens (including phenoxy) is 1. The SMILES string of the molecule is C\C=C/C(=C\C=C\C1=CCC2(C)C(=C1)C=CN2C)OCc1cc(C(F)(F)F)nn1-c1c(Cl)cccc1Cl. The largest absolute Gasteiger partial charge is 0.487 e. The summed E-state index contributed by atoms with van der Waals surface area (Å²) >= 11 is 12.5. The lowest BCUT2D eigenvalue weighted by Gasteiger charge is -2.36. The number of halogens is 5. The number of alkyl halides is 3. The number of aromatic nitrogens is 2. The van der Waals surface area contributed by atoms with E-state index in [1.807, 2.05) is 19.1 Å². The number of para-hydroxylation sites is 1. The molecule has 0 radical (unpaired) electrons. The van der Waals surface area contributed by atoms with Gasteiger partial charge < -0.3 is 9.64 Å². The lowest BCUT2D eigenvalue weighted by Crippen LogP contribution is -2.38. The van der Waals surface area contributed by atoms with E-state index in [0.29, 0.717) is 5.76 Å². The third kappa shape index (κ3) is 5.73. The molecule has 0 fully saturated rings. The summed E-state index contributed by atoms with van der Waals surface area (Å²) in [7, 11) is 2.07. The molecule has 1 unspecified atom stereocenters. The summed E-state index contributed by atoms with van der Waals surface area (Å²) in [5, 5.41) is 4.07. The van der Waals surface area contributed by atoms with Crippen LogP contribution in [0.3, 0.4) is 0 Å². The van der Waals surface area contributed by atoms with Crippen LogP contribution in [-0.2, 0) is 17.5 Å². The molecule has 1 aromatic carbocycles. The molecule has 1 atom stereocenters. The van der Waals surface area contributed by atoms with Gasteiger partial charge in [-0.2, -0.15) is 18.3 Å². The van der Waals surface area contributed by atoms with E-state index in [-0.39, 0.29) is 33.6 Å². The van der Waals surface area contributed by atoms with Gasteiger partial charge in [0.05, 0.1) is 21.3 Å². The van der Waals surface area contributed by atoms with Gasteiger partial charge in [-0.05, 0) is 80.1 Å². The number of hydrogen-bond acceptors (Lipinski definition) is 3. The highest BCUT2D eigenvalue weighted by Crippen LogP contribution is 2.38. The van der Waals surface area contributed by atoms with Gasteiger partial charge in [-0.25, -0.2) is 4.68 Å². The van der Waals surface area contributed by atoms with Crippen LogP contribution in [0.2, 0.25) is 10.0 Å². The molecule has 194 valence electrons. The van der Waals surface area contributed by atoms with Crippen LogP contribution in [0.1, 0.15) is 31.7 Å². The predicted octanol–water partition coefficient (Wildman–Crippen LogP) is 8.21. The number of nitrogens with zero attached hydrogens (tertiary/aromatic N) is 3. The second-order valence-electron chi connectivity index (χ2n) is 8.93. The molecular weight excluding hydrogens is 522 g/mol. The summed E-state index contributed by atoms with van der Waals surface area (Å²) in [5.41, 5.74) is 1.55. The molecule has 0 saturated heterocycles. The first-order valence-corrected chi connectivity index (χ1v) is 12.4. The van der Waals surface area contributed by atoms with Gasteiger partial charge in [0.2, 0.25) is 0 Å². The quantitative estimate of drug-likeness (QED) is 0.258. The predicted molar refractivity (Wildman–Crippen MR) is 142 cm³/mol. The minimum atomic E-state index is -4.64. The summed E-state index contributed by atoms with van der Waals surface area (Å²) in [5.74, 6) is 0.472. The minimum absolute atomic E-state index is 0.0187. The fraction of sp³-hybridized carbons (Fsp3) is 0.250. The number of likely N-dealkylation sites (N-methyl/N-ethyl adjacent to an activating group) is 1. The molecule has 0 spiro atoms. The van der Waals surface area contributed by atoms with E-state index in [2.05, 4.69) is 48.4 Å². The average molecular weight is 548 g/mol. The van der Waals surface area contributed by atoms with Crippen LogP contribution in [-0.4, -0.2) is 27.3 Å². The van der Waals surface area contributed by atoms with E-state index in [4.69, 9.17) is 27.9 Å². The Morgan fingerprint density at radius 3 is 2.65 bits per heavy atom.